The molecule has 3 heterocycles. The van der Waals surface area contributed by atoms with Crippen LogP contribution >= 0.6 is 0 Å². The molecular weight excluding hydrogens is 276 g/mol. The third-order valence-electron chi connectivity index (χ3n) is 3.87. The van der Waals surface area contributed by atoms with Crippen LogP contribution < -0.4 is 16.4 Å². The van der Waals surface area contributed by atoms with E-state index in [0.29, 0.717) is 25.1 Å². The summed E-state index contributed by atoms with van der Waals surface area (Å²) in [5, 5.41) is 4.85. The number of carbonyl (C=O) groups excluding carboxylic acids is 3. The van der Waals surface area contributed by atoms with Gasteiger partial charge in [-0.25, -0.2) is 4.79 Å². The number of imide groups is 1. The van der Waals surface area contributed by atoms with Crippen LogP contribution in [-0.2, 0) is 11.3 Å². The predicted octanol–water partition coefficient (Wildman–Crippen LogP) is -0.447. The number of furan rings is 1. The number of rotatable bonds is 2. The van der Waals surface area contributed by atoms with E-state index >= 15 is 0 Å². The van der Waals surface area contributed by atoms with E-state index in [4.69, 9.17) is 10.2 Å². The first-order valence-corrected chi connectivity index (χ1v) is 6.76. The van der Waals surface area contributed by atoms with Crippen LogP contribution in [0.5, 0.6) is 0 Å². The lowest BCUT2D eigenvalue weighted by molar-refractivity contribution is -0.125. The lowest BCUT2D eigenvalue weighted by Gasteiger charge is -2.37. The van der Waals surface area contributed by atoms with Gasteiger partial charge in [0.1, 0.15) is 11.3 Å². The van der Waals surface area contributed by atoms with Gasteiger partial charge in [-0.2, -0.15) is 0 Å². The number of nitrogens with one attached hydrogen (secondary N) is 2. The van der Waals surface area contributed by atoms with Gasteiger partial charge in [0.05, 0.1) is 13.1 Å². The lowest BCUT2D eigenvalue weighted by atomic mass is 9.89. The first-order chi connectivity index (χ1) is 10.0. The summed E-state index contributed by atoms with van der Waals surface area (Å²) in [6.45, 7) is 0.875. The Morgan fingerprint density at radius 1 is 1.43 bits per heavy atom. The van der Waals surface area contributed by atoms with Crippen LogP contribution in [0.2, 0.25) is 0 Å². The Morgan fingerprint density at radius 3 is 2.86 bits per heavy atom. The Balaban J connectivity index is 1.78. The van der Waals surface area contributed by atoms with Gasteiger partial charge in [0.25, 0.3) is 11.8 Å². The molecule has 4 N–H and O–H groups in total. The molecule has 21 heavy (non-hydrogen) atoms. The largest absolute Gasteiger partial charge is 0.455 e. The number of piperidine rings is 1. The Morgan fingerprint density at radius 2 is 2.24 bits per heavy atom. The van der Waals surface area contributed by atoms with Crippen molar-refractivity contribution in [1.29, 1.82) is 0 Å². The molecule has 112 valence electrons. The second-order valence-corrected chi connectivity index (χ2v) is 5.29. The molecule has 0 aliphatic carbocycles. The summed E-state index contributed by atoms with van der Waals surface area (Å²) >= 11 is 0. The standard InChI is InChI=1S/C13H16N4O4/c14-6-8-2-3-9(21-8)10(18)17-5-1-4-13(7-17)11(19)15-12(20)16-13/h2-3H,1,4-7,14H2,(H2,15,16,19,20). The lowest BCUT2D eigenvalue weighted by Crippen LogP contribution is -2.59. The van der Waals surface area contributed by atoms with Crippen LogP contribution in [0.4, 0.5) is 4.79 Å². The van der Waals surface area contributed by atoms with Crippen molar-refractivity contribution in [2.45, 2.75) is 24.9 Å². The van der Waals surface area contributed by atoms with E-state index in [1.165, 1.54) is 4.90 Å². The normalized spacial score (nSPS) is 25.1. The molecule has 0 saturated carbocycles. The second kappa shape index (κ2) is 4.88. The Kier molecular flexibility index (Phi) is 3.17. The highest BCUT2D eigenvalue weighted by atomic mass is 16.4. The fraction of sp³-hybridized carbons (Fsp3) is 0.462. The third kappa shape index (κ3) is 2.27. The van der Waals surface area contributed by atoms with Crippen molar-refractivity contribution in [3.63, 3.8) is 0 Å². The van der Waals surface area contributed by atoms with Gasteiger partial charge in [-0.15, -0.1) is 0 Å². The zero-order valence-corrected chi connectivity index (χ0v) is 11.3. The number of hydrogen-bond acceptors (Lipinski definition) is 5. The van der Waals surface area contributed by atoms with Crippen LogP contribution in [0.1, 0.15) is 29.2 Å². The summed E-state index contributed by atoms with van der Waals surface area (Å²) in [5.41, 5.74) is 4.43. The molecule has 8 heteroatoms. The van der Waals surface area contributed by atoms with Crippen molar-refractivity contribution in [3.05, 3.63) is 23.7 Å². The molecule has 8 nitrogen and oxygen atoms in total. The summed E-state index contributed by atoms with van der Waals surface area (Å²) in [5.74, 6) is 0.0315. The van der Waals surface area contributed by atoms with Gasteiger partial charge < -0.3 is 20.4 Å². The minimum absolute atomic E-state index is 0.141. The molecule has 2 aliphatic rings. The zero-order valence-electron chi connectivity index (χ0n) is 11.3. The van der Waals surface area contributed by atoms with Crippen molar-refractivity contribution in [2.75, 3.05) is 13.1 Å². The summed E-state index contributed by atoms with van der Waals surface area (Å²) < 4.78 is 5.34. The fourth-order valence-electron chi connectivity index (χ4n) is 2.80. The molecule has 1 atom stereocenters. The van der Waals surface area contributed by atoms with E-state index in [2.05, 4.69) is 10.6 Å². The van der Waals surface area contributed by atoms with E-state index in [1.807, 2.05) is 0 Å². The van der Waals surface area contributed by atoms with Gasteiger partial charge in [-0.1, -0.05) is 0 Å². The van der Waals surface area contributed by atoms with E-state index in [-0.39, 0.29) is 30.7 Å². The van der Waals surface area contributed by atoms with Gasteiger partial charge >= 0.3 is 6.03 Å². The van der Waals surface area contributed by atoms with Crippen LogP contribution in [-0.4, -0.2) is 41.4 Å². The van der Waals surface area contributed by atoms with Crippen LogP contribution in [0.15, 0.2) is 16.5 Å². The molecule has 0 bridgehead atoms. The molecule has 4 amide bonds. The minimum Gasteiger partial charge on any atom is -0.455 e. The highest BCUT2D eigenvalue weighted by molar-refractivity contribution is 6.07. The molecule has 0 radical (unpaired) electrons. The maximum Gasteiger partial charge on any atom is 0.322 e. The molecular formula is C13H16N4O4. The molecule has 0 aromatic carbocycles. The molecule has 2 fully saturated rings. The van der Waals surface area contributed by atoms with Crippen molar-refractivity contribution < 1.29 is 18.8 Å². The van der Waals surface area contributed by atoms with E-state index in [9.17, 15) is 14.4 Å². The minimum atomic E-state index is -1.02. The van der Waals surface area contributed by atoms with E-state index < -0.39 is 11.6 Å². The molecule has 2 aliphatic heterocycles. The second-order valence-electron chi connectivity index (χ2n) is 5.29. The Hall–Kier alpha value is -2.35. The summed E-state index contributed by atoms with van der Waals surface area (Å²) in [7, 11) is 0. The van der Waals surface area contributed by atoms with Crippen molar-refractivity contribution in [3.8, 4) is 0 Å². The van der Waals surface area contributed by atoms with Crippen molar-refractivity contribution in [2.24, 2.45) is 5.73 Å². The maximum atomic E-state index is 12.4. The fourth-order valence-corrected chi connectivity index (χ4v) is 2.80. The molecule has 3 rings (SSSR count). The van der Waals surface area contributed by atoms with Gasteiger partial charge in [-0.3, -0.25) is 14.9 Å². The Bertz CT molecular complexity index is 611. The molecule has 1 spiro atoms. The molecule has 1 unspecified atom stereocenters. The van der Waals surface area contributed by atoms with E-state index in [1.54, 1.807) is 12.1 Å². The first kappa shape index (κ1) is 13.6. The quantitative estimate of drug-likeness (QED) is 0.638. The SMILES string of the molecule is NCc1ccc(C(=O)N2CCCC3(C2)NC(=O)NC3=O)o1. The number of urea groups is 1. The van der Waals surface area contributed by atoms with Crippen LogP contribution in [0.25, 0.3) is 0 Å². The summed E-state index contributed by atoms with van der Waals surface area (Å²) in [6.07, 6.45) is 1.14. The molecule has 1 aromatic rings. The van der Waals surface area contributed by atoms with E-state index in [0.717, 1.165) is 0 Å². The number of hydrogen-bond donors (Lipinski definition) is 3. The predicted molar refractivity (Wildman–Crippen MR) is 71.1 cm³/mol. The number of amides is 4. The monoisotopic (exact) mass is 292 g/mol. The number of likely N-dealkylation sites (tertiary alicyclic amines) is 1. The average molecular weight is 292 g/mol. The maximum absolute atomic E-state index is 12.4. The van der Waals surface area contributed by atoms with Crippen LogP contribution in [0.3, 0.4) is 0 Å². The van der Waals surface area contributed by atoms with Gasteiger partial charge in [0, 0.05) is 6.54 Å². The number of nitrogens with two attached hydrogens (primary N) is 1. The van der Waals surface area contributed by atoms with Gasteiger partial charge in [0.15, 0.2) is 5.76 Å². The first-order valence-electron chi connectivity index (χ1n) is 6.76. The highest BCUT2D eigenvalue weighted by Gasteiger charge is 2.49. The summed E-state index contributed by atoms with van der Waals surface area (Å²) in [6, 6.07) is 2.70. The number of nitrogens with zero attached hydrogens (tertiary/aromatic N) is 1. The Labute approximate surface area is 120 Å². The summed E-state index contributed by atoms with van der Waals surface area (Å²) in [4.78, 5) is 37.2. The topological polar surface area (TPSA) is 118 Å². The van der Waals surface area contributed by atoms with Crippen molar-refractivity contribution >= 4 is 17.8 Å². The molecule has 1 aromatic heterocycles. The highest BCUT2D eigenvalue weighted by Crippen LogP contribution is 2.25. The number of carbonyl (C=O) groups is 3. The molecule has 2 saturated heterocycles. The smallest absolute Gasteiger partial charge is 0.322 e. The van der Waals surface area contributed by atoms with Crippen LogP contribution in [0, 0.1) is 0 Å². The van der Waals surface area contributed by atoms with Crippen molar-refractivity contribution in [1.82, 2.24) is 15.5 Å². The van der Waals surface area contributed by atoms with Gasteiger partial charge in [0.2, 0.25) is 0 Å². The third-order valence-corrected chi connectivity index (χ3v) is 3.87. The average Bonchev–Trinajstić information content (AvgIpc) is 3.04. The van der Waals surface area contributed by atoms with Gasteiger partial charge in [-0.05, 0) is 25.0 Å². The zero-order chi connectivity index (χ0) is 15.0.